The minimum Gasteiger partial charge on any atom is -0.487 e. The van der Waals surface area contributed by atoms with Crippen molar-refractivity contribution in [2.75, 3.05) is 7.05 Å². The molecule has 1 heterocycles. The molecule has 0 radical (unpaired) electrons. The fourth-order valence-electron chi connectivity index (χ4n) is 3.09. The molecule has 1 N–H and O–H groups in total. The first-order valence-corrected chi connectivity index (χ1v) is 11.6. The Morgan fingerprint density at radius 3 is 2.59 bits per heavy atom. The third-order valence-electron chi connectivity index (χ3n) is 4.88. The molecule has 0 aliphatic carbocycles. The highest BCUT2D eigenvalue weighted by Gasteiger charge is 2.30. The molecule has 34 heavy (non-hydrogen) atoms. The summed E-state index contributed by atoms with van der Waals surface area (Å²) in [6.45, 7) is 0.347. The van der Waals surface area contributed by atoms with Gasteiger partial charge in [0.1, 0.15) is 12.4 Å². The Bertz CT molecular complexity index is 1320. The van der Waals surface area contributed by atoms with Crippen LogP contribution in [0.1, 0.15) is 21.5 Å². The quantitative estimate of drug-likeness (QED) is 0.381. The minimum atomic E-state index is -1.04. The molecular weight excluding hydrogens is 495 g/mol. The first-order valence-electron chi connectivity index (χ1n) is 10.1. The molecule has 1 amide bonds. The number of carboxylic acids is 1. The standard InChI is InChI=1S/C25H18Cl2N2O4S/c1-29-23(30)22(34-25(29)28-19-4-2-3-17(13-19)24(31)32)12-16-7-10-21(20(27)11-16)33-14-15-5-8-18(26)9-6-15/h2-13H,14H2,1H3,(H,31,32)/b22-12-,28-25?. The van der Waals surface area contributed by atoms with Gasteiger partial charge in [0.25, 0.3) is 5.91 Å². The van der Waals surface area contributed by atoms with E-state index in [0.29, 0.717) is 38.2 Å². The molecule has 9 heteroatoms. The molecule has 1 saturated heterocycles. The summed E-state index contributed by atoms with van der Waals surface area (Å²) in [6.07, 6.45) is 1.73. The van der Waals surface area contributed by atoms with E-state index in [4.69, 9.17) is 33.0 Å². The van der Waals surface area contributed by atoms with Crippen LogP contribution in [0.2, 0.25) is 10.0 Å². The Kier molecular flexibility index (Phi) is 7.26. The molecule has 4 rings (SSSR count). The van der Waals surface area contributed by atoms with Crippen molar-refractivity contribution in [2.24, 2.45) is 4.99 Å². The van der Waals surface area contributed by atoms with Crippen molar-refractivity contribution in [3.63, 3.8) is 0 Å². The second-order valence-electron chi connectivity index (χ2n) is 7.33. The van der Waals surface area contributed by atoms with Gasteiger partial charge in [-0.1, -0.05) is 47.5 Å². The van der Waals surface area contributed by atoms with E-state index in [2.05, 4.69) is 4.99 Å². The molecule has 0 saturated carbocycles. The highest BCUT2D eigenvalue weighted by molar-refractivity contribution is 8.18. The summed E-state index contributed by atoms with van der Waals surface area (Å²) in [6, 6.07) is 18.9. The van der Waals surface area contributed by atoms with E-state index < -0.39 is 5.97 Å². The third kappa shape index (κ3) is 5.62. The first kappa shape index (κ1) is 23.9. The summed E-state index contributed by atoms with van der Waals surface area (Å²) in [5.74, 6) is -0.720. The molecule has 6 nitrogen and oxygen atoms in total. The summed E-state index contributed by atoms with van der Waals surface area (Å²) < 4.78 is 5.80. The van der Waals surface area contributed by atoms with E-state index in [9.17, 15) is 9.59 Å². The van der Waals surface area contributed by atoms with Gasteiger partial charge in [0.05, 0.1) is 21.2 Å². The molecule has 1 aliphatic rings. The second kappa shape index (κ2) is 10.3. The van der Waals surface area contributed by atoms with Gasteiger partial charge in [-0.25, -0.2) is 9.79 Å². The Morgan fingerprint density at radius 2 is 1.88 bits per heavy atom. The average molecular weight is 513 g/mol. The number of amidine groups is 1. The molecule has 3 aromatic carbocycles. The third-order valence-corrected chi connectivity index (χ3v) is 6.49. The molecule has 0 spiro atoms. The summed E-state index contributed by atoms with van der Waals surface area (Å²) in [4.78, 5) is 30.2. The lowest BCUT2D eigenvalue weighted by atomic mass is 10.2. The molecule has 0 bridgehead atoms. The second-order valence-corrected chi connectivity index (χ2v) is 9.18. The van der Waals surface area contributed by atoms with Crippen LogP contribution in [0.5, 0.6) is 5.75 Å². The highest BCUT2D eigenvalue weighted by Crippen LogP contribution is 2.34. The van der Waals surface area contributed by atoms with Crippen LogP contribution in [0.25, 0.3) is 6.08 Å². The molecule has 1 aliphatic heterocycles. The lowest BCUT2D eigenvalue weighted by Crippen LogP contribution is -2.23. The van der Waals surface area contributed by atoms with Crippen molar-refractivity contribution in [3.8, 4) is 5.75 Å². The van der Waals surface area contributed by atoms with Crippen LogP contribution in [0.15, 0.2) is 76.6 Å². The SMILES string of the molecule is CN1C(=O)/C(=C/c2ccc(OCc3ccc(Cl)cc3)c(Cl)c2)SC1=Nc1cccc(C(=O)O)c1. The van der Waals surface area contributed by atoms with Crippen molar-refractivity contribution in [1.82, 2.24) is 4.90 Å². The predicted octanol–water partition coefficient (Wildman–Crippen LogP) is 6.50. The maximum Gasteiger partial charge on any atom is 0.335 e. The number of likely N-dealkylation sites (N-methyl/N-ethyl adjacent to an activating group) is 1. The van der Waals surface area contributed by atoms with E-state index in [0.717, 1.165) is 11.1 Å². The monoisotopic (exact) mass is 512 g/mol. The first-order chi connectivity index (χ1) is 16.3. The smallest absolute Gasteiger partial charge is 0.335 e. The number of thioether (sulfide) groups is 1. The van der Waals surface area contributed by atoms with Crippen molar-refractivity contribution in [1.29, 1.82) is 0 Å². The minimum absolute atomic E-state index is 0.127. The summed E-state index contributed by atoms with van der Waals surface area (Å²) >= 11 is 13.5. The van der Waals surface area contributed by atoms with Gasteiger partial charge in [0, 0.05) is 12.1 Å². The highest BCUT2D eigenvalue weighted by atomic mass is 35.5. The van der Waals surface area contributed by atoms with E-state index >= 15 is 0 Å². The van der Waals surface area contributed by atoms with Gasteiger partial charge in [0.15, 0.2) is 5.17 Å². The molecule has 0 atom stereocenters. The Labute approximate surface area is 210 Å². The fourth-order valence-corrected chi connectivity index (χ4v) is 4.44. The predicted molar refractivity (Wildman–Crippen MR) is 136 cm³/mol. The molecule has 0 aromatic heterocycles. The van der Waals surface area contributed by atoms with Crippen molar-refractivity contribution >= 4 is 63.8 Å². The van der Waals surface area contributed by atoms with Gasteiger partial charge in [0.2, 0.25) is 0 Å². The zero-order valence-corrected chi connectivity index (χ0v) is 20.2. The Balaban J connectivity index is 1.49. The number of rotatable bonds is 6. The largest absolute Gasteiger partial charge is 0.487 e. The Morgan fingerprint density at radius 1 is 1.12 bits per heavy atom. The summed E-state index contributed by atoms with van der Waals surface area (Å²) in [5, 5.41) is 10.7. The zero-order chi connectivity index (χ0) is 24.2. The van der Waals surface area contributed by atoms with Crippen LogP contribution in [-0.2, 0) is 11.4 Å². The Hall–Kier alpha value is -3.26. The van der Waals surface area contributed by atoms with Gasteiger partial charge in [-0.2, -0.15) is 0 Å². The molecule has 3 aromatic rings. The number of amides is 1. The normalized spacial score (nSPS) is 15.9. The molecule has 1 fully saturated rings. The van der Waals surface area contributed by atoms with Gasteiger partial charge in [-0.05, 0) is 71.4 Å². The van der Waals surface area contributed by atoms with Crippen molar-refractivity contribution in [3.05, 3.63) is 98.4 Å². The number of halogens is 2. The van der Waals surface area contributed by atoms with Gasteiger partial charge < -0.3 is 9.84 Å². The van der Waals surface area contributed by atoms with Crippen LogP contribution in [-0.4, -0.2) is 34.1 Å². The summed E-state index contributed by atoms with van der Waals surface area (Å²) in [7, 11) is 1.62. The number of carbonyl (C=O) groups is 2. The number of carboxylic acid groups (broad SMARTS) is 1. The van der Waals surface area contributed by atoms with E-state index in [1.54, 1.807) is 49.5 Å². The number of carbonyl (C=O) groups excluding carboxylic acids is 1. The van der Waals surface area contributed by atoms with Crippen molar-refractivity contribution < 1.29 is 19.4 Å². The number of hydrogen-bond donors (Lipinski definition) is 1. The van der Waals surface area contributed by atoms with Crippen LogP contribution < -0.4 is 4.74 Å². The lowest BCUT2D eigenvalue weighted by Gasteiger charge is -2.09. The maximum absolute atomic E-state index is 12.7. The van der Waals surface area contributed by atoms with Crippen LogP contribution in [0.4, 0.5) is 5.69 Å². The lowest BCUT2D eigenvalue weighted by molar-refractivity contribution is -0.121. The van der Waals surface area contributed by atoms with E-state index in [-0.39, 0.29) is 11.5 Å². The van der Waals surface area contributed by atoms with E-state index in [1.807, 2.05) is 18.2 Å². The summed E-state index contributed by atoms with van der Waals surface area (Å²) in [5.41, 5.74) is 2.28. The van der Waals surface area contributed by atoms with E-state index in [1.165, 1.54) is 28.8 Å². The maximum atomic E-state index is 12.7. The van der Waals surface area contributed by atoms with Gasteiger partial charge in [-0.15, -0.1) is 0 Å². The fraction of sp³-hybridized carbons (Fsp3) is 0.0800. The number of hydrogen-bond acceptors (Lipinski definition) is 5. The number of aliphatic imine (C=N–C) groups is 1. The molecule has 0 unspecified atom stereocenters. The van der Waals surface area contributed by atoms with Crippen LogP contribution >= 0.6 is 35.0 Å². The molecule has 172 valence electrons. The van der Waals surface area contributed by atoms with Gasteiger partial charge in [-0.3, -0.25) is 9.69 Å². The van der Waals surface area contributed by atoms with Crippen molar-refractivity contribution in [2.45, 2.75) is 6.61 Å². The topological polar surface area (TPSA) is 79.2 Å². The number of benzene rings is 3. The zero-order valence-electron chi connectivity index (χ0n) is 17.9. The number of aromatic carboxylic acids is 1. The number of nitrogens with zero attached hydrogens (tertiary/aromatic N) is 2. The molecular formula is C25H18Cl2N2O4S. The average Bonchev–Trinajstić information content (AvgIpc) is 3.07. The van der Waals surface area contributed by atoms with Crippen LogP contribution in [0, 0.1) is 0 Å². The van der Waals surface area contributed by atoms with Gasteiger partial charge >= 0.3 is 5.97 Å². The number of ether oxygens (including phenoxy) is 1. The van der Waals surface area contributed by atoms with Crippen LogP contribution in [0.3, 0.4) is 0 Å².